The van der Waals surface area contributed by atoms with Gasteiger partial charge in [0.25, 0.3) is 5.91 Å². The maximum atomic E-state index is 11.6. The highest BCUT2D eigenvalue weighted by Gasteiger charge is 2.10. The van der Waals surface area contributed by atoms with E-state index in [0.717, 1.165) is 12.8 Å². The summed E-state index contributed by atoms with van der Waals surface area (Å²) in [5.41, 5.74) is 0.621. The number of amides is 1. The zero-order valence-electron chi connectivity index (χ0n) is 8.95. The lowest BCUT2D eigenvalue weighted by molar-refractivity contribution is 0.0938. The van der Waals surface area contributed by atoms with E-state index in [9.17, 15) is 4.79 Å². The quantitative estimate of drug-likeness (QED) is 0.788. The minimum Gasteiger partial charge on any atom is -0.349 e. The molecule has 0 aliphatic carbocycles. The van der Waals surface area contributed by atoms with Crippen molar-refractivity contribution in [1.82, 2.24) is 15.1 Å². The zero-order chi connectivity index (χ0) is 10.6. The topological polar surface area (TPSA) is 46.9 Å². The summed E-state index contributed by atoms with van der Waals surface area (Å²) < 4.78 is 1.62. The Morgan fingerprint density at radius 1 is 1.71 bits per heavy atom. The van der Waals surface area contributed by atoms with Gasteiger partial charge in [0, 0.05) is 19.3 Å². The molecule has 4 heteroatoms. The lowest BCUT2D eigenvalue weighted by Gasteiger charge is -2.11. The first-order valence-electron chi connectivity index (χ1n) is 4.93. The monoisotopic (exact) mass is 195 g/mol. The van der Waals surface area contributed by atoms with Crippen LogP contribution in [0.4, 0.5) is 0 Å². The summed E-state index contributed by atoms with van der Waals surface area (Å²) in [4.78, 5) is 11.6. The second-order valence-electron chi connectivity index (χ2n) is 3.57. The number of hydrogen-bond donors (Lipinski definition) is 1. The van der Waals surface area contributed by atoms with Crippen LogP contribution in [0.25, 0.3) is 0 Å². The van der Waals surface area contributed by atoms with Gasteiger partial charge in [-0.3, -0.25) is 9.48 Å². The summed E-state index contributed by atoms with van der Waals surface area (Å²) in [6.45, 7) is 4.12. The number of aryl methyl sites for hydroxylation is 1. The van der Waals surface area contributed by atoms with Gasteiger partial charge in [0.15, 0.2) is 0 Å². The predicted octanol–water partition coefficient (Wildman–Crippen LogP) is 1.34. The number of rotatable bonds is 4. The van der Waals surface area contributed by atoms with Gasteiger partial charge in [-0.15, -0.1) is 0 Å². The molecule has 0 aromatic carbocycles. The Kier molecular flexibility index (Phi) is 3.68. The molecule has 4 nitrogen and oxygen atoms in total. The fourth-order valence-electron chi connectivity index (χ4n) is 1.35. The van der Waals surface area contributed by atoms with Crippen LogP contribution in [0, 0.1) is 0 Å². The minimum atomic E-state index is -0.0425. The van der Waals surface area contributed by atoms with Crippen molar-refractivity contribution >= 4 is 5.91 Å². The first kappa shape index (κ1) is 10.8. The van der Waals surface area contributed by atoms with Crippen LogP contribution < -0.4 is 5.32 Å². The van der Waals surface area contributed by atoms with E-state index < -0.39 is 0 Å². The van der Waals surface area contributed by atoms with Crippen molar-refractivity contribution in [3.63, 3.8) is 0 Å². The maximum Gasteiger partial charge on any atom is 0.254 e. The Labute approximate surface area is 84.3 Å². The van der Waals surface area contributed by atoms with Gasteiger partial charge in [-0.1, -0.05) is 13.3 Å². The Balaban J connectivity index is 2.50. The largest absolute Gasteiger partial charge is 0.349 e. The summed E-state index contributed by atoms with van der Waals surface area (Å²) in [6.07, 6.45) is 5.38. The third-order valence-electron chi connectivity index (χ3n) is 2.07. The third kappa shape index (κ3) is 2.87. The number of carbonyl (C=O) groups excluding carboxylic acids is 1. The smallest absolute Gasteiger partial charge is 0.254 e. The van der Waals surface area contributed by atoms with Crippen molar-refractivity contribution in [2.75, 3.05) is 0 Å². The van der Waals surface area contributed by atoms with E-state index >= 15 is 0 Å². The molecular weight excluding hydrogens is 178 g/mol. The predicted molar refractivity (Wildman–Crippen MR) is 55.0 cm³/mol. The number of hydrogen-bond acceptors (Lipinski definition) is 2. The number of nitrogens with one attached hydrogen (secondary N) is 1. The van der Waals surface area contributed by atoms with E-state index in [0.29, 0.717) is 5.56 Å². The van der Waals surface area contributed by atoms with Crippen LogP contribution in [0.1, 0.15) is 37.0 Å². The van der Waals surface area contributed by atoms with Gasteiger partial charge < -0.3 is 5.32 Å². The molecule has 78 valence electrons. The van der Waals surface area contributed by atoms with E-state index in [1.165, 1.54) is 0 Å². The average molecular weight is 195 g/mol. The normalized spacial score (nSPS) is 12.5. The molecule has 1 aromatic heterocycles. The highest BCUT2D eigenvalue weighted by Crippen LogP contribution is 1.99. The molecule has 0 spiro atoms. The van der Waals surface area contributed by atoms with Crippen LogP contribution in [-0.4, -0.2) is 21.7 Å². The molecule has 0 unspecified atom stereocenters. The fraction of sp³-hybridized carbons (Fsp3) is 0.600. The van der Waals surface area contributed by atoms with E-state index in [2.05, 4.69) is 17.3 Å². The van der Waals surface area contributed by atoms with Crippen molar-refractivity contribution in [2.45, 2.75) is 32.7 Å². The minimum absolute atomic E-state index is 0.0425. The Morgan fingerprint density at radius 3 is 2.93 bits per heavy atom. The molecule has 0 fully saturated rings. The zero-order valence-corrected chi connectivity index (χ0v) is 8.95. The summed E-state index contributed by atoms with van der Waals surface area (Å²) in [5, 5.41) is 6.86. The van der Waals surface area contributed by atoms with Crippen LogP contribution in [0.2, 0.25) is 0 Å². The molecule has 0 aliphatic heterocycles. The lowest BCUT2D eigenvalue weighted by Crippen LogP contribution is -2.32. The maximum absolute atomic E-state index is 11.6. The lowest BCUT2D eigenvalue weighted by atomic mass is 10.2. The highest BCUT2D eigenvalue weighted by molar-refractivity contribution is 5.93. The van der Waals surface area contributed by atoms with Gasteiger partial charge in [-0.2, -0.15) is 5.10 Å². The van der Waals surface area contributed by atoms with Crippen molar-refractivity contribution in [3.8, 4) is 0 Å². The fourth-order valence-corrected chi connectivity index (χ4v) is 1.35. The molecule has 0 saturated heterocycles. The van der Waals surface area contributed by atoms with Crippen LogP contribution in [0.3, 0.4) is 0 Å². The van der Waals surface area contributed by atoms with Gasteiger partial charge in [0.2, 0.25) is 0 Å². The standard InChI is InChI=1S/C10H17N3O/c1-4-5-8(2)12-10(14)9-6-11-13(3)7-9/h6-8H,4-5H2,1-3H3,(H,12,14)/t8-/m0/s1. The van der Waals surface area contributed by atoms with Crippen LogP contribution >= 0.6 is 0 Å². The molecule has 1 aromatic rings. The van der Waals surface area contributed by atoms with E-state index in [4.69, 9.17) is 0 Å². The molecule has 1 amide bonds. The molecule has 0 saturated carbocycles. The Morgan fingerprint density at radius 2 is 2.43 bits per heavy atom. The average Bonchev–Trinajstić information content (AvgIpc) is 2.52. The van der Waals surface area contributed by atoms with Gasteiger partial charge in [0.05, 0.1) is 11.8 Å². The molecule has 1 atom stereocenters. The molecule has 1 N–H and O–H groups in total. The first-order valence-corrected chi connectivity index (χ1v) is 4.93. The van der Waals surface area contributed by atoms with Crippen molar-refractivity contribution in [2.24, 2.45) is 7.05 Å². The van der Waals surface area contributed by atoms with E-state index in [-0.39, 0.29) is 11.9 Å². The molecule has 1 rings (SSSR count). The summed E-state index contributed by atoms with van der Waals surface area (Å²) in [7, 11) is 1.80. The third-order valence-corrected chi connectivity index (χ3v) is 2.07. The first-order chi connectivity index (χ1) is 6.63. The van der Waals surface area contributed by atoms with Gasteiger partial charge in [-0.05, 0) is 13.3 Å². The van der Waals surface area contributed by atoms with Gasteiger partial charge >= 0.3 is 0 Å². The van der Waals surface area contributed by atoms with Crippen molar-refractivity contribution in [1.29, 1.82) is 0 Å². The molecular formula is C10H17N3O. The van der Waals surface area contributed by atoms with Crippen LogP contribution in [0.15, 0.2) is 12.4 Å². The molecule has 0 aliphatic rings. The molecule has 14 heavy (non-hydrogen) atoms. The van der Waals surface area contributed by atoms with Crippen molar-refractivity contribution < 1.29 is 4.79 Å². The number of aromatic nitrogens is 2. The summed E-state index contributed by atoms with van der Waals surface area (Å²) in [6, 6.07) is 0.229. The van der Waals surface area contributed by atoms with Gasteiger partial charge in [0.1, 0.15) is 0 Å². The molecule has 1 heterocycles. The SMILES string of the molecule is CCC[C@H](C)NC(=O)c1cnn(C)c1. The Hall–Kier alpha value is -1.32. The van der Waals surface area contributed by atoms with Crippen molar-refractivity contribution in [3.05, 3.63) is 18.0 Å². The molecule has 0 radical (unpaired) electrons. The number of nitrogens with zero attached hydrogens (tertiary/aromatic N) is 2. The number of carbonyl (C=O) groups is 1. The van der Waals surface area contributed by atoms with E-state index in [1.807, 2.05) is 6.92 Å². The highest BCUT2D eigenvalue weighted by atomic mass is 16.1. The summed E-state index contributed by atoms with van der Waals surface area (Å²) >= 11 is 0. The van der Waals surface area contributed by atoms with Gasteiger partial charge in [-0.25, -0.2) is 0 Å². The second kappa shape index (κ2) is 4.79. The molecule has 0 bridgehead atoms. The Bertz CT molecular complexity index is 306. The summed E-state index contributed by atoms with van der Waals surface area (Å²) in [5.74, 6) is -0.0425. The van der Waals surface area contributed by atoms with Crippen LogP contribution in [0.5, 0.6) is 0 Å². The second-order valence-corrected chi connectivity index (χ2v) is 3.57. The van der Waals surface area contributed by atoms with E-state index in [1.54, 1.807) is 24.1 Å². The van der Waals surface area contributed by atoms with Crippen LogP contribution in [-0.2, 0) is 7.05 Å².